The van der Waals surface area contributed by atoms with Crippen molar-refractivity contribution >= 4 is 45.6 Å². The first-order valence-corrected chi connectivity index (χ1v) is 4.67. The Kier molecular flexibility index (Phi) is 5.75. The van der Waals surface area contributed by atoms with Gasteiger partial charge in [0.15, 0.2) is 9.62 Å². The van der Waals surface area contributed by atoms with Crippen LogP contribution < -0.4 is 29.6 Å². The molecule has 1 heterocycles. The van der Waals surface area contributed by atoms with Crippen molar-refractivity contribution < 1.29 is 38.3 Å². The number of hydrogen-bond donors (Lipinski definition) is 0. The fraction of sp³-hybridized carbons (Fsp3) is 0. The fourth-order valence-corrected chi connectivity index (χ4v) is 2.41. The van der Waals surface area contributed by atoms with E-state index in [4.69, 9.17) is 23.2 Å². The minimum absolute atomic E-state index is 0. The Morgan fingerprint density at radius 3 is 2.27 bits per heavy atom. The number of aromatic nitrogens is 1. The summed E-state index contributed by atoms with van der Waals surface area (Å²) in [6.07, 6.45) is 0. The Morgan fingerprint density at radius 2 is 2.09 bits per heavy atom. The van der Waals surface area contributed by atoms with Crippen LogP contribution in [-0.2, 0) is 11.1 Å². The molecule has 11 heavy (non-hydrogen) atoms. The van der Waals surface area contributed by atoms with Gasteiger partial charge in [-0.1, -0.05) is 34.5 Å². The van der Waals surface area contributed by atoms with E-state index < -0.39 is 11.1 Å². The summed E-state index contributed by atoms with van der Waals surface area (Å²) in [5.41, 5.74) is 0. The van der Waals surface area contributed by atoms with E-state index in [0.29, 0.717) is 0 Å². The molecule has 0 saturated carbocycles. The summed E-state index contributed by atoms with van der Waals surface area (Å²) in [6.45, 7) is 0. The summed E-state index contributed by atoms with van der Waals surface area (Å²) in [6, 6.07) is 0. The van der Waals surface area contributed by atoms with Crippen LogP contribution in [0.5, 0.6) is 0 Å². The standard InChI is InChI=1S/C3HCl2NO2S2.Na/c4-1-2(10(7)8)9-3(5)6-1;/h(H,7,8);/q;+1/p-1. The molecule has 1 aromatic rings. The van der Waals surface area contributed by atoms with Crippen molar-refractivity contribution in [2.45, 2.75) is 4.21 Å². The summed E-state index contributed by atoms with van der Waals surface area (Å²) in [4.78, 5) is 3.49. The Balaban J connectivity index is 0.000001000. The van der Waals surface area contributed by atoms with Gasteiger partial charge in [0.1, 0.15) is 4.21 Å². The van der Waals surface area contributed by atoms with Crippen LogP contribution in [0.3, 0.4) is 0 Å². The van der Waals surface area contributed by atoms with E-state index in [1.54, 1.807) is 0 Å². The van der Waals surface area contributed by atoms with Crippen LogP contribution in [0, 0.1) is 0 Å². The normalized spacial score (nSPS) is 12.3. The topological polar surface area (TPSA) is 53.0 Å². The Bertz CT molecular complexity index is 278. The third kappa shape index (κ3) is 3.28. The molecule has 1 atom stereocenters. The molecule has 56 valence electrons. The molecule has 0 amide bonds. The molecule has 0 saturated heterocycles. The number of halogens is 2. The summed E-state index contributed by atoms with van der Waals surface area (Å²) in [7, 11) is 0. The van der Waals surface area contributed by atoms with Crippen molar-refractivity contribution in [1.29, 1.82) is 0 Å². The minimum atomic E-state index is -2.33. The van der Waals surface area contributed by atoms with Crippen molar-refractivity contribution in [1.82, 2.24) is 4.98 Å². The maximum Gasteiger partial charge on any atom is 1.00 e. The van der Waals surface area contributed by atoms with Gasteiger partial charge in [0, 0.05) is 0 Å². The van der Waals surface area contributed by atoms with E-state index in [9.17, 15) is 8.76 Å². The third-order valence-corrected chi connectivity index (χ3v) is 3.29. The largest absolute Gasteiger partial charge is 1.00 e. The number of rotatable bonds is 1. The molecular weight excluding hydrogens is 240 g/mol. The van der Waals surface area contributed by atoms with Gasteiger partial charge in [-0.15, -0.1) is 0 Å². The maximum absolute atomic E-state index is 10.3. The average Bonchev–Trinajstić information content (AvgIpc) is 2.10. The first-order chi connectivity index (χ1) is 4.61. The van der Waals surface area contributed by atoms with Gasteiger partial charge in [-0.2, -0.15) is 0 Å². The molecular formula is C3Cl2NNaO2S2. The first-order valence-electron chi connectivity index (χ1n) is 2.02. The zero-order valence-corrected chi connectivity index (χ0v) is 10.5. The molecule has 1 aromatic heterocycles. The third-order valence-electron chi connectivity index (χ3n) is 0.683. The van der Waals surface area contributed by atoms with Crippen molar-refractivity contribution in [2.75, 3.05) is 0 Å². The zero-order valence-electron chi connectivity index (χ0n) is 5.34. The van der Waals surface area contributed by atoms with E-state index in [1.807, 2.05) is 0 Å². The second-order valence-corrected chi connectivity index (χ2v) is 4.36. The summed E-state index contributed by atoms with van der Waals surface area (Å²) >= 11 is 9.22. The number of hydrogen-bond acceptors (Lipinski definition) is 4. The van der Waals surface area contributed by atoms with Gasteiger partial charge in [0.2, 0.25) is 0 Å². The van der Waals surface area contributed by atoms with Crippen LogP contribution >= 0.6 is 34.5 Å². The van der Waals surface area contributed by atoms with Gasteiger partial charge in [-0.05, 0) is 11.1 Å². The Hall–Kier alpha value is 1.32. The van der Waals surface area contributed by atoms with Gasteiger partial charge in [-0.25, -0.2) is 4.98 Å². The molecule has 0 aliphatic rings. The minimum Gasteiger partial charge on any atom is -0.768 e. The maximum atomic E-state index is 10.3. The van der Waals surface area contributed by atoms with Crippen molar-refractivity contribution in [3.8, 4) is 0 Å². The molecule has 0 spiro atoms. The Labute approximate surface area is 102 Å². The molecule has 0 aliphatic heterocycles. The molecule has 0 N–H and O–H groups in total. The van der Waals surface area contributed by atoms with Crippen LogP contribution in [0.1, 0.15) is 0 Å². The number of nitrogens with zero attached hydrogens (tertiary/aromatic N) is 1. The van der Waals surface area contributed by atoms with Gasteiger partial charge < -0.3 is 4.55 Å². The fourth-order valence-electron chi connectivity index (χ4n) is 0.367. The summed E-state index contributed by atoms with van der Waals surface area (Å²) < 4.78 is 20.6. The molecule has 0 aromatic carbocycles. The predicted molar refractivity (Wildman–Crippen MR) is 39.3 cm³/mol. The van der Waals surface area contributed by atoms with Crippen molar-refractivity contribution in [3.05, 3.63) is 9.62 Å². The average molecular weight is 240 g/mol. The summed E-state index contributed by atoms with van der Waals surface area (Å²) in [5.74, 6) is 0. The van der Waals surface area contributed by atoms with Gasteiger partial charge in [-0.3, -0.25) is 4.21 Å². The first kappa shape index (κ1) is 12.3. The van der Waals surface area contributed by atoms with Crippen molar-refractivity contribution in [3.63, 3.8) is 0 Å². The van der Waals surface area contributed by atoms with E-state index in [1.165, 1.54) is 0 Å². The monoisotopic (exact) mass is 239 g/mol. The molecule has 0 aliphatic carbocycles. The smallest absolute Gasteiger partial charge is 0.768 e. The van der Waals surface area contributed by atoms with Gasteiger partial charge >= 0.3 is 29.6 Å². The van der Waals surface area contributed by atoms with E-state index in [2.05, 4.69) is 4.98 Å². The van der Waals surface area contributed by atoms with Gasteiger partial charge in [0.05, 0.1) is 0 Å². The van der Waals surface area contributed by atoms with Gasteiger partial charge in [0.25, 0.3) is 0 Å². The van der Waals surface area contributed by atoms with Crippen LogP contribution in [0.15, 0.2) is 4.21 Å². The molecule has 8 heteroatoms. The van der Waals surface area contributed by atoms with Crippen LogP contribution in [0.4, 0.5) is 0 Å². The molecule has 1 unspecified atom stereocenters. The van der Waals surface area contributed by atoms with Crippen LogP contribution in [0.2, 0.25) is 9.62 Å². The Morgan fingerprint density at radius 1 is 1.55 bits per heavy atom. The second kappa shape index (κ2) is 5.14. The zero-order chi connectivity index (χ0) is 7.72. The quantitative estimate of drug-likeness (QED) is 0.452. The van der Waals surface area contributed by atoms with Crippen molar-refractivity contribution in [2.24, 2.45) is 0 Å². The van der Waals surface area contributed by atoms with E-state index in [-0.39, 0.29) is 43.4 Å². The SMILES string of the molecule is O=S([O-])c1sc(Cl)nc1Cl.[Na+]. The molecule has 0 radical (unpaired) electrons. The molecule has 0 fully saturated rings. The molecule has 0 bridgehead atoms. The summed E-state index contributed by atoms with van der Waals surface area (Å²) in [5, 5.41) is -0.0664. The van der Waals surface area contributed by atoms with E-state index >= 15 is 0 Å². The molecule has 1 rings (SSSR count). The number of thiazole rings is 1. The van der Waals surface area contributed by atoms with E-state index in [0.717, 1.165) is 11.3 Å². The molecule has 3 nitrogen and oxygen atoms in total. The van der Waals surface area contributed by atoms with Crippen LogP contribution in [-0.4, -0.2) is 13.7 Å². The van der Waals surface area contributed by atoms with Crippen LogP contribution in [0.25, 0.3) is 0 Å². The predicted octanol–water partition coefficient (Wildman–Crippen LogP) is -1.31. The second-order valence-electron chi connectivity index (χ2n) is 1.28.